The molecule has 0 radical (unpaired) electrons. The Labute approximate surface area is 162 Å². The molecule has 138 valence electrons. The highest BCUT2D eigenvalue weighted by Gasteiger charge is 2.38. The fourth-order valence-electron chi connectivity index (χ4n) is 2.24. The van der Waals surface area contributed by atoms with Crippen LogP contribution in [0.4, 0.5) is 11.4 Å². The molecule has 2 aromatic rings. The quantitative estimate of drug-likeness (QED) is 0.516. The number of sulfonamides is 1. The van der Waals surface area contributed by atoms with E-state index in [9.17, 15) is 28.4 Å². The number of carbonyl (C=O) groups is 1. The van der Waals surface area contributed by atoms with Crippen LogP contribution < -0.4 is 4.31 Å². The standard InChI is InChI=1S/C15H12BrClN2O6S/c1-9(15(20)21)18(12-7-6-10(16)8-11(12)17)26(24,25)14-5-3-2-4-13(14)19(22)23/h2-9H,1H3,(H,20,21). The number of anilines is 1. The maximum Gasteiger partial charge on any atom is 0.327 e. The van der Waals surface area contributed by atoms with Crippen molar-refractivity contribution >= 4 is 54.9 Å². The fourth-order valence-corrected chi connectivity index (χ4v) is 4.85. The average Bonchev–Trinajstić information content (AvgIpc) is 2.56. The van der Waals surface area contributed by atoms with E-state index < -0.39 is 37.5 Å². The van der Waals surface area contributed by atoms with Crippen LogP contribution in [0.5, 0.6) is 0 Å². The van der Waals surface area contributed by atoms with Crippen LogP contribution in [0.1, 0.15) is 6.92 Å². The Balaban J connectivity index is 2.77. The molecule has 0 saturated carbocycles. The van der Waals surface area contributed by atoms with Gasteiger partial charge in [0.15, 0.2) is 4.90 Å². The molecule has 8 nitrogen and oxygen atoms in total. The molecule has 11 heteroatoms. The molecule has 0 heterocycles. The molecule has 1 unspecified atom stereocenters. The predicted molar refractivity (Wildman–Crippen MR) is 99.0 cm³/mol. The summed E-state index contributed by atoms with van der Waals surface area (Å²) in [6, 6.07) is 7.34. The molecule has 2 aromatic carbocycles. The van der Waals surface area contributed by atoms with Gasteiger partial charge >= 0.3 is 5.97 Å². The molecule has 0 fully saturated rings. The van der Waals surface area contributed by atoms with Crippen LogP contribution in [0.3, 0.4) is 0 Å². The zero-order chi connectivity index (χ0) is 19.6. The van der Waals surface area contributed by atoms with E-state index in [1.165, 1.54) is 30.3 Å². The number of hydrogen-bond acceptors (Lipinski definition) is 5. The van der Waals surface area contributed by atoms with Crippen molar-refractivity contribution in [2.45, 2.75) is 17.9 Å². The van der Waals surface area contributed by atoms with E-state index >= 15 is 0 Å². The molecular formula is C15H12BrClN2O6S. The highest BCUT2D eigenvalue weighted by Crippen LogP contribution is 2.36. The summed E-state index contributed by atoms with van der Waals surface area (Å²) in [5, 5.41) is 20.5. The smallest absolute Gasteiger partial charge is 0.327 e. The van der Waals surface area contributed by atoms with Crippen LogP contribution in [-0.2, 0) is 14.8 Å². The molecule has 26 heavy (non-hydrogen) atoms. The summed E-state index contributed by atoms with van der Waals surface area (Å²) in [6.45, 7) is 1.15. The minimum absolute atomic E-state index is 0.0327. The zero-order valence-electron chi connectivity index (χ0n) is 13.2. The Morgan fingerprint density at radius 1 is 1.31 bits per heavy atom. The first-order valence-electron chi connectivity index (χ1n) is 7.03. The van der Waals surface area contributed by atoms with Gasteiger partial charge in [-0.25, -0.2) is 13.2 Å². The van der Waals surface area contributed by atoms with Gasteiger partial charge in [0.2, 0.25) is 0 Å². The zero-order valence-corrected chi connectivity index (χ0v) is 16.3. The highest BCUT2D eigenvalue weighted by molar-refractivity contribution is 9.10. The first-order valence-corrected chi connectivity index (χ1v) is 9.64. The number of nitro groups is 1. The number of carboxylic acid groups (broad SMARTS) is 1. The normalized spacial score (nSPS) is 12.4. The Kier molecular flexibility index (Phi) is 5.89. The molecular weight excluding hydrogens is 452 g/mol. The number of halogens is 2. The molecule has 0 spiro atoms. The Hall–Kier alpha value is -2.17. The Bertz CT molecular complexity index is 982. The summed E-state index contributed by atoms with van der Waals surface area (Å²) >= 11 is 9.29. The number of benzene rings is 2. The van der Waals surface area contributed by atoms with Crippen molar-refractivity contribution in [1.29, 1.82) is 0 Å². The van der Waals surface area contributed by atoms with Crippen molar-refractivity contribution in [3.8, 4) is 0 Å². The lowest BCUT2D eigenvalue weighted by Gasteiger charge is -2.28. The minimum Gasteiger partial charge on any atom is -0.480 e. The van der Waals surface area contributed by atoms with E-state index in [0.717, 1.165) is 19.1 Å². The number of nitrogens with zero attached hydrogens (tertiary/aromatic N) is 2. The van der Waals surface area contributed by atoms with E-state index in [2.05, 4.69) is 15.9 Å². The molecule has 0 bridgehead atoms. The molecule has 1 atom stereocenters. The molecule has 0 saturated heterocycles. The number of hydrogen-bond donors (Lipinski definition) is 1. The van der Waals surface area contributed by atoms with Crippen LogP contribution in [-0.4, -0.2) is 30.5 Å². The van der Waals surface area contributed by atoms with Crippen LogP contribution >= 0.6 is 27.5 Å². The molecule has 0 amide bonds. The van der Waals surface area contributed by atoms with E-state index in [1.807, 2.05) is 0 Å². The Morgan fingerprint density at radius 3 is 2.46 bits per heavy atom. The van der Waals surface area contributed by atoms with Crippen molar-refractivity contribution in [3.63, 3.8) is 0 Å². The van der Waals surface area contributed by atoms with Crippen LogP contribution in [0.2, 0.25) is 5.02 Å². The van der Waals surface area contributed by atoms with Gasteiger partial charge in [-0.3, -0.25) is 14.4 Å². The molecule has 0 aliphatic carbocycles. The second kappa shape index (κ2) is 7.60. The topological polar surface area (TPSA) is 118 Å². The Morgan fingerprint density at radius 2 is 1.92 bits per heavy atom. The third-order valence-corrected chi connectivity index (χ3v) is 6.18. The molecule has 0 aromatic heterocycles. The molecule has 2 rings (SSSR count). The van der Waals surface area contributed by atoms with Crippen molar-refractivity contribution < 1.29 is 23.2 Å². The molecule has 0 aliphatic rings. The number of aliphatic carboxylic acids is 1. The van der Waals surface area contributed by atoms with Crippen molar-refractivity contribution in [1.82, 2.24) is 0 Å². The van der Waals surface area contributed by atoms with Gasteiger partial charge in [0, 0.05) is 10.5 Å². The largest absolute Gasteiger partial charge is 0.480 e. The van der Waals surface area contributed by atoms with Gasteiger partial charge in [0.05, 0.1) is 15.6 Å². The van der Waals surface area contributed by atoms with Gasteiger partial charge in [-0.15, -0.1) is 0 Å². The summed E-state index contributed by atoms with van der Waals surface area (Å²) in [4.78, 5) is 21.2. The lowest BCUT2D eigenvalue weighted by Crippen LogP contribution is -2.43. The van der Waals surface area contributed by atoms with Gasteiger partial charge in [-0.2, -0.15) is 0 Å². The number of para-hydroxylation sites is 1. The summed E-state index contributed by atoms with van der Waals surface area (Å²) in [6.07, 6.45) is 0. The van der Waals surface area contributed by atoms with E-state index in [1.54, 1.807) is 0 Å². The van der Waals surface area contributed by atoms with Crippen LogP contribution in [0, 0.1) is 10.1 Å². The van der Waals surface area contributed by atoms with Crippen molar-refractivity contribution in [2.75, 3.05) is 4.31 Å². The first-order chi connectivity index (χ1) is 12.1. The van der Waals surface area contributed by atoms with Crippen LogP contribution in [0.15, 0.2) is 51.8 Å². The van der Waals surface area contributed by atoms with Crippen LogP contribution in [0.25, 0.3) is 0 Å². The third-order valence-electron chi connectivity index (χ3n) is 3.46. The maximum absolute atomic E-state index is 13.1. The minimum atomic E-state index is -4.60. The number of carboxylic acids is 1. The summed E-state index contributed by atoms with van der Waals surface area (Å²) in [5.41, 5.74) is -0.772. The third kappa shape index (κ3) is 3.81. The van der Waals surface area contributed by atoms with E-state index in [-0.39, 0.29) is 10.7 Å². The lowest BCUT2D eigenvalue weighted by molar-refractivity contribution is -0.387. The van der Waals surface area contributed by atoms with Crippen molar-refractivity contribution in [3.05, 3.63) is 62.1 Å². The second-order valence-corrected chi connectivity index (χ2v) is 8.24. The maximum atomic E-state index is 13.1. The van der Waals surface area contributed by atoms with Gasteiger partial charge in [-0.1, -0.05) is 39.7 Å². The van der Waals surface area contributed by atoms with Gasteiger partial charge in [0.25, 0.3) is 15.7 Å². The molecule has 0 aliphatic heterocycles. The van der Waals surface area contributed by atoms with Gasteiger partial charge < -0.3 is 5.11 Å². The lowest BCUT2D eigenvalue weighted by atomic mass is 10.2. The van der Waals surface area contributed by atoms with Gasteiger partial charge in [0.1, 0.15) is 6.04 Å². The monoisotopic (exact) mass is 462 g/mol. The highest BCUT2D eigenvalue weighted by atomic mass is 79.9. The van der Waals surface area contributed by atoms with Gasteiger partial charge in [-0.05, 0) is 31.2 Å². The number of nitro benzene ring substituents is 1. The summed E-state index contributed by atoms with van der Waals surface area (Å²) < 4.78 is 27.4. The average molecular weight is 464 g/mol. The van der Waals surface area contributed by atoms with E-state index in [4.69, 9.17) is 11.6 Å². The van der Waals surface area contributed by atoms with E-state index in [0.29, 0.717) is 8.78 Å². The first kappa shape index (κ1) is 20.1. The second-order valence-electron chi connectivity index (χ2n) is 5.14. The predicted octanol–water partition coefficient (Wildman–Crippen LogP) is 3.68. The molecule has 1 N–H and O–H groups in total. The SMILES string of the molecule is CC(C(=O)O)N(c1ccc(Br)cc1Cl)S(=O)(=O)c1ccccc1[N+](=O)[O-]. The summed E-state index contributed by atoms with van der Waals surface area (Å²) in [5.74, 6) is -1.44. The number of rotatable bonds is 6. The van der Waals surface area contributed by atoms with Crippen molar-refractivity contribution in [2.24, 2.45) is 0 Å². The summed E-state index contributed by atoms with van der Waals surface area (Å²) in [7, 11) is -4.60. The fraction of sp³-hybridized carbons (Fsp3) is 0.133.